The molecule has 0 aliphatic heterocycles. The maximum atomic E-state index is 14.0. The summed E-state index contributed by atoms with van der Waals surface area (Å²) in [5.41, 5.74) is 1.16. The van der Waals surface area contributed by atoms with E-state index in [0.717, 1.165) is 4.47 Å². The third-order valence-corrected chi connectivity index (χ3v) is 4.02. The van der Waals surface area contributed by atoms with Crippen LogP contribution in [0.1, 0.15) is 30.1 Å². The fraction of sp³-hybridized carbons (Fsp3) is 0.235. The SMILES string of the molecule is CCOC(=O)c1c(-c2ccc(Br)cc2)oc2c1=CCCC=2F. The summed E-state index contributed by atoms with van der Waals surface area (Å²) in [4.78, 5) is 12.3. The molecule has 0 radical (unpaired) electrons. The van der Waals surface area contributed by atoms with E-state index in [9.17, 15) is 9.18 Å². The van der Waals surface area contributed by atoms with Gasteiger partial charge in [-0.05, 0) is 25.5 Å². The van der Waals surface area contributed by atoms with Crippen LogP contribution in [0.3, 0.4) is 0 Å². The molecule has 1 aromatic heterocycles. The van der Waals surface area contributed by atoms with Crippen molar-refractivity contribution < 1.29 is 18.3 Å². The van der Waals surface area contributed by atoms with Crippen molar-refractivity contribution in [1.29, 1.82) is 0 Å². The maximum Gasteiger partial charge on any atom is 0.342 e. The Morgan fingerprint density at radius 3 is 2.77 bits per heavy atom. The lowest BCUT2D eigenvalue weighted by molar-refractivity contribution is 0.0525. The van der Waals surface area contributed by atoms with Crippen LogP contribution >= 0.6 is 15.9 Å². The number of fused-ring (bicyclic) bond motifs is 1. The van der Waals surface area contributed by atoms with Crippen molar-refractivity contribution in [2.45, 2.75) is 19.8 Å². The van der Waals surface area contributed by atoms with Crippen LogP contribution in [0.15, 0.2) is 33.2 Å². The molecular formula is C17H14BrFO3. The molecule has 0 unspecified atom stereocenters. The second kappa shape index (κ2) is 6.08. The van der Waals surface area contributed by atoms with E-state index >= 15 is 0 Å². The Hall–Kier alpha value is -1.88. The number of carbonyl (C=O) groups excluding carboxylic acids is 1. The largest absolute Gasteiger partial charge is 0.462 e. The highest BCUT2D eigenvalue weighted by molar-refractivity contribution is 9.10. The number of rotatable bonds is 3. The van der Waals surface area contributed by atoms with Gasteiger partial charge in [-0.3, -0.25) is 0 Å². The van der Waals surface area contributed by atoms with Crippen molar-refractivity contribution in [3.05, 3.63) is 44.9 Å². The summed E-state index contributed by atoms with van der Waals surface area (Å²) in [6.45, 7) is 1.99. The van der Waals surface area contributed by atoms with Gasteiger partial charge in [0, 0.05) is 21.7 Å². The normalized spacial score (nSPS) is 13.5. The van der Waals surface area contributed by atoms with E-state index in [0.29, 0.717) is 34.9 Å². The first-order valence-electron chi connectivity index (χ1n) is 7.06. The van der Waals surface area contributed by atoms with Crippen molar-refractivity contribution in [3.63, 3.8) is 0 Å². The molecule has 1 heterocycles. The zero-order valence-corrected chi connectivity index (χ0v) is 13.6. The Morgan fingerprint density at radius 2 is 2.09 bits per heavy atom. The smallest absolute Gasteiger partial charge is 0.342 e. The third kappa shape index (κ3) is 2.61. The second-order valence-corrected chi connectivity index (χ2v) is 5.84. The molecule has 22 heavy (non-hydrogen) atoms. The number of ether oxygens (including phenoxy) is 1. The molecule has 0 atom stereocenters. The van der Waals surface area contributed by atoms with Crippen molar-refractivity contribution in [2.75, 3.05) is 6.61 Å². The van der Waals surface area contributed by atoms with E-state index in [1.54, 1.807) is 6.92 Å². The van der Waals surface area contributed by atoms with Crippen molar-refractivity contribution in [1.82, 2.24) is 0 Å². The van der Waals surface area contributed by atoms with Gasteiger partial charge >= 0.3 is 5.97 Å². The number of carbonyl (C=O) groups is 1. The lowest BCUT2D eigenvalue weighted by atomic mass is 10.0. The zero-order valence-electron chi connectivity index (χ0n) is 12.0. The van der Waals surface area contributed by atoms with Crippen LogP contribution in [0.25, 0.3) is 23.2 Å². The minimum absolute atomic E-state index is 0.146. The first kappa shape index (κ1) is 15.0. The molecule has 1 aliphatic rings. The second-order valence-electron chi connectivity index (χ2n) is 4.92. The van der Waals surface area contributed by atoms with Gasteiger partial charge in [-0.25, -0.2) is 9.18 Å². The summed E-state index contributed by atoms with van der Waals surface area (Å²) in [5, 5.41) is 0.500. The molecule has 114 valence electrons. The standard InChI is InChI=1S/C17H14BrFO3/c1-2-21-17(20)14-12-4-3-5-13(19)16(12)22-15(14)10-6-8-11(18)9-7-10/h4,6-9H,2-3,5H2,1H3. The Kier molecular flexibility index (Phi) is 4.16. The number of esters is 1. The number of benzene rings is 1. The molecule has 3 rings (SSSR count). The van der Waals surface area contributed by atoms with Gasteiger partial charge in [-0.1, -0.05) is 34.1 Å². The van der Waals surface area contributed by atoms with Gasteiger partial charge in [0.05, 0.1) is 6.61 Å². The molecule has 1 aromatic carbocycles. The summed E-state index contributed by atoms with van der Waals surface area (Å²) < 4.78 is 25.8. The fourth-order valence-electron chi connectivity index (χ4n) is 2.51. The Morgan fingerprint density at radius 1 is 1.36 bits per heavy atom. The minimum Gasteiger partial charge on any atom is -0.462 e. The van der Waals surface area contributed by atoms with E-state index in [-0.39, 0.29) is 17.8 Å². The van der Waals surface area contributed by atoms with E-state index in [4.69, 9.17) is 9.15 Å². The average Bonchev–Trinajstić information content (AvgIpc) is 2.89. The molecule has 0 fully saturated rings. The first-order chi connectivity index (χ1) is 10.6. The summed E-state index contributed by atoms with van der Waals surface area (Å²) in [5.74, 6) is -0.466. The lowest BCUT2D eigenvalue weighted by Crippen LogP contribution is -2.29. The monoisotopic (exact) mass is 364 g/mol. The quantitative estimate of drug-likeness (QED) is 0.782. The Balaban J connectivity index is 2.28. The Labute approximate surface area is 135 Å². The summed E-state index contributed by atoms with van der Waals surface area (Å²) in [6.07, 6.45) is 2.67. The third-order valence-electron chi connectivity index (χ3n) is 3.49. The number of halogens is 2. The molecular weight excluding hydrogens is 351 g/mol. The highest BCUT2D eigenvalue weighted by Crippen LogP contribution is 2.25. The van der Waals surface area contributed by atoms with Gasteiger partial charge in [0.1, 0.15) is 17.2 Å². The van der Waals surface area contributed by atoms with Gasteiger partial charge in [-0.15, -0.1) is 0 Å². The average molecular weight is 365 g/mol. The van der Waals surface area contributed by atoms with Gasteiger partial charge in [-0.2, -0.15) is 0 Å². The molecule has 2 aromatic rings. The van der Waals surface area contributed by atoms with Crippen LogP contribution in [-0.4, -0.2) is 12.6 Å². The summed E-state index contributed by atoms with van der Waals surface area (Å²) in [7, 11) is 0. The van der Waals surface area contributed by atoms with Crippen LogP contribution in [0.2, 0.25) is 0 Å². The van der Waals surface area contributed by atoms with Gasteiger partial charge in [0.15, 0.2) is 5.42 Å². The first-order valence-corrected chi connectivity index (χ1v) is 7.86. The zero-order chi connectivity index (χ0) is 15.7. The van der Waals surface area contributed by atoms with E-state index in [1.807, 2.05) is 30.3 Å². The van der Waals surface area contributed by atoms with Gasteiger partial charge < -0.3 is 9.15 Å². The lowest BCUT2D eigenvalue weighted by Gasteiger charge is -2.03. The summed E-state index contributed by atoms with van der Waals surface area (Å²) >= 11 is 3.36. The number of hydrogen-bond donors (Lipinski definition) is 0. The maximum absolute atomic E-state index is 14.0. The molecule has 0 bridgehead atoms. The predicted molar refractivity (Wildman–Crippen MR) is 85.3 cm³/mol. The highest BCUT2D eigenvalue weighted by atomic mass is 79.9. The summed E-state index contributed by atoms with van der Waals surface area (Å²) in [6, 6.07) is 7.31. The molecule has 5 heteroatoms. The van der Waals surface area contributed by atoms with E-state index in [1.165, 1.54) is 0 Å². The predicted octanol–water partition coefficient (Wildman–Crippen LogP) is 3.54. The molecule has 1 aliphatic carbocycles. The van der Waals surface area contributed by atoms with E-state index < -0.39 is 5.97 Å². The minimum atomic E-state index is -0.489. The molecule has 3 nitrogen and oxygen atoms in total. The van der Waals surface area contributed by atoms with Gasteiger partial charge in [0.2, 0.25) is 0 Å². The highest BCUT2D eigenvalue weighted by Gasteiger charge is 2.24. The van der Waals surface area contributed by atoms with Crippen LogP contribution in [0, 0.1) is 0 Å². The molecule has 0 amide bonds. The molecule has 0 saturated heterocycles. The molecule has 0 N–H and O–H groups in total. The van der Waals surface area contributed by atoms with Crippen LogP contribution in [0.4, 0.5) is 4.39 Å². The topological polar surface area (TPSA) is 39.4 Å². The van der Waals surface area contributed by atoms with Crippen LogP contribution in [0.5, 0.6) is 0 Å². The van der Waals surface area contributed by atoms with Crippen molar-refractivity contribution in [2.24, 2.45) is 0 Å². The van der Waals surface area contributed by atoms with E-state index in [2.05, 4.69) is 15.9 Å². The van der Waals surface area contributed by atoms with Crippen LogP contribution < -0.4 is 10.6 Å². The number of hydrogen-bond acceptors (Lipinski definition) is 3. The van der Waals surface area contributed by atoms with Gasteiger partial charge in [0.25, 0.3) is 0 Å². The molecule has 0 spiro atoms. The Bertz CT molecular complexity index is 834. The van der Waals surface area contributed by atoms with Crippen molar-refractivity contribution in [3.8, 4) is 11.3 Å². The van der Waals surface area contributed by atoms with Crippen LogP contribution in [-0.2, 0) is 4.74 Å². The molecule has 0 saturated carbocycles. The van der Waals surface area contributed by atoms with Crippen molar-refractivity contribution >= 4 is 33.8 Å². The fourth-order valence-corrected chi connectivity index (χ4v) is 2.77. The number of furan rings is 1.